The Bertz CT molecular complexity index is 724. The number of benzene rings is 1. The van der Waals surface area contributed by atoms with Crippen LogP contribution in [0.1, 0.15) is 29.5 Å². The molecule has 1 heterocycles. The van der Waals surface area contributed by atoms with Crippen LogP contribution in [0, 0.1) is 0 Å². The second kappa shape index (κ2) is 8.07. The largest absolute Gasteiger partial charge is 0.480 e. The average molecular weight is 330 g/mol. The van der Waals surface area contributed by atoms with E-state index in [1.165, 1.54) is 13.2 Å². The van der Waals surface area contributed by atoms with E-state index in [0.29, 0.717) is 17.0 Å². The van der Waals surface area contributed by atoms with Gasteiger partial charge in [-0.25, -0.2) is 0 Å². The van der Waals surface area contributed by atoms with Gasteiger partial charge in [0.1, 0.15) is 11.8 Å². The summed E-state index contributed by atoms with van der Waals surface area (Å²) >= 11 is 0. The number of Topliss-reactive ketones (excluding diaryl/α,β-unsaturated/α-hetero) is 1. The zero-order valence-corrected chi connectivity index (χ0v) is 13.1. The Morgan fingerprint density at radius 3 is 2.62 bits per heavy atom. The van der Waals surface area contributed by atoms with Gasteiger partial charge in [0.25, 0.3) is 0 Å². The third-order valence-electron chi connectivity index (χ3n) is 3.34. The number of hydrogen-bond acceptors (Lipinski definition) is 5. The van der Waals surface area contributed by atoms with Gasteiger partial charge in [-0.2, -0.15) is 0 Å². The molecule has 126 valence electrons. The molecule has 0 aliphatic rings. The van der Waals surface area contributed by atoms with Gasteiger partial charge < -0.3 is 14.8 Å². The molecule has 0 saturated heterocycles. The Kier molecular flexibility index (Phi) is 5.86. The highest BCUT2D eigenvalue weighted by atomic mass is 16.4. The molecule has 7 nitrogen and oxygen atoms in total. The summed E-state index contributed by atoms with van der Waals surface area (Å²) in [6.45, 7) is 1.64. The van der Waals surface area contributed by atoms with Gasteiger partial charge in [-0.3, -0.25) is 19.7 Å². The summed E-state index contributed by atoms with van der Waals surface area (Å²) in [7, 11) is 0. The molecular weight excluding hydrogens is 312 g/mol. The molecule has 0 unspecified atom stereocenters. The lowest BCUT2D eigenvalue weighted by atomic mass is 10.1. The number of carboxylic acids is 1. The van der Waals surface area contributed by atoms with Crippen LogP contribution in [0.4, 0.5) is 5.69 Å². The van der Waals surface area contributed by atoms with Crippen molar-refractivity contribution in [2.75, 3.05) is 5.32 Å². The van der Waals surface area contributed by atoms with Crippen LogP contribution in [0.2, 0.25) is 0 Å². The molecule has 3 N–H and O–H groups in total. The number of ketones is 1. The first kappa shape index (κ1) is 17.4. The predicted octanol–water partition coefficient (Wildman–Crippen LogP) is 2.05. The number of rotatable bonds is 8. The van der Waals surface area contributed by atoms with Crippen molar-refractivity contribution in [3.63, 3.8) is 0 Å². The molecule has 24 heavy (non-hydrogen) atoms. The summed E-state index contributed by atoms with van der Waals surface area (Å²) in [6.07, 6.45) is 1.24. The smallest absolute Gasteiger partial charge is 0.321 e. The molecule has 0 saturated carbocycles. The topological polar surface area (TPSA) is 109 Å². The lowest BCUT2D eigenvalue weighted by Crippen LogP contribution is -2.39. The Hall–Kier alpha value is -2.93. The second-order valence-corrected chi connectivity index (χ2v) is 5.24. The molecule has 0 fully saturated rings. The van der Waals surface area contributed by atoms with Crippen molar-refractivity contribution >= 4 is 23.3 Å². The number of carbonyl (C=O) groups excluding carboxylic acids is 2. The highest BCUT2D eigenvalue weighted by Crippen LogP contribution is 2.12. The van der Waals surface area contributed by atoms with Crippen LogP contribution in [0.3, 0.4) is 0 Å². The highest BCUT2D eigenvalue weighted by molar-refractivity contribution is 5.98. The predicted molar refractivity (Wildman–Crippen MR) is 86.7 cm³/mol. The Labute approximate surface area is 138 Å². The number of carbonyl (C=O) groups is 3. The summed E-state index contributed by atoms with van der Waals surface area (Å²) in [5.74, 6) is -1.13. The summed E-state index contributed by atoms with van der Waals surface area (Å²) in [5.41, 5.74) is 0.918. The molecule has 1 atom stereocenters. The molecule has 0 spiro atoms. The quantitative estimate of drug-likeness (QED) is 0.639. The number of amides is 1. The Morgan fingerprint density at radius 1 is 1.21 bits per heavy atom. The normalized spacial score (nSPS) is 11.7. The van der Waals surface area contributed by atoms with Crippen molar-refractivity contribution in [3.8, 4) is 0 Å². The van der Waals surface area contributed by atoms with Gasteiger partial charge in [-0.05, 0) is 31.2 Å². The number of aliphatic carboxylic acids is 1. The molecule has 1 aromatic carbocycles. The lowest BCUT2D eigenvalue weighted by molar-refractivity contribution is -0.141. The van der Waals surface area contributed by atoms with E-state index in [1.54, 1.807) is 36.4 Å². The standard InChI is InChI=1S/C17H18N2O5/c1-11(20)12-4-2-5-13(8-12)19-16(21)9-15(17(22)23)18-10-14-6-3-7-24-14/h2-8,15,18H,9-10H2,1H3,(H,19,21)(H,22,23)/t15-/m0/s1. The van der Waals surface area contributed by atoms with Gasteiger partial charge in [-0.15, -0.1) is 0 Å². The maximum absolute atomic E-state index is 12.0. The van der Waals surface area contributed by atoms with Crippen LogP contribution >= 0.6 is 0 Å². The second-order valence-electron chi connectivity index (χ2n) is 5.24. The fourth-order valence-corrected chi connectivity index (χ4v) is 2.10. The van der Waals surface area contributed by atoms with E-state index in [-0.39, 0.29) is 18.7 Å². The zero-order valence-electron chi connectivity index (χ0n) is 13.1. The van der Waals surface area contributed by atoms with Crippen LogP contribution in [0.15, 0.2) is 47.1 Å². The first-order chi connectivity index (χ1) is 11.5. The number of hydrogen-bond donors (Lipinski definition) is 3. The third-order valence-corrected chi connectivity index (χ3v) is 3.34. The summed E-state index contributed by atoms with van der Waals surface area (Å²) in [5, 5.41) is 14.6. The van der Waals surface area contributed by atoms with E-state index in [4.69, 9.17) is 4.42 Å². The van der Waals surface area contributed by atoms with Gasteiger partial charge in [0.15, 0.2) is 5.78 Å². The van der Waals surface area contributed by atoms with Crippen LogP contribution in [0.5, 0.6) is 0 Å². The molecule has 0 bridgehead atoms. The van der Waals surface area contributed by atoms with Crippen molar-refractivity contribution in [3.05, 3.63) is 54.0 Å². The maximum atomic E-state index is 12.0. The Balaban J connectivity index is 1.93. The van der Waals surface area contributed by atoms with E-state index in [9.17, 15) is 19.5 Å². The van der Waals surface area contributed by atoms with E-state index < -0.39 is 17.9 Å². The third kappa shape index (κ3) is 5.06. The molecule has 1 aromatic heterocycles. The fourth-order valence-electron chi connectivity index (χ4n) is 2.10. The van der Waals surface area contributed by atoms with Crippen molar-refractivity contribution in [2.45, 2.75) is 25.9 Å². The number of furan rings is 1. The first-order valence-corrected chi connectivity index (χ1v) is 7.35. The Morgan fingerprint density at radius 2 is 2.00 bits per heavy atom. The number of anilines is 1. The summed E-state index contributed by atoms with van der Waals surface area (Å²) < 4.78 is 5.11. The van der Waals surface area contributed by atoms with Crippen LogP contribution in [-0.4, -0.2) is 28.8 Å². The van der Waals surface area contributed by atoms with Crippen LogP contribution in [-0.2, 0) is 16.1 Å². The molecule has 0 aliphatic carbocycles. The minimum Gasteiger partial charge on any atom is -0.480 e. The molecule has 0 aliphatic heterocycles. The first-order valence-electron chi connectivity index (χ1n) is 7.35. The molecule has 7 heteroatoms. The number of nitrogens with one attached hydrogen (secondary N) is 2. The van der Waals surface area contributed by atoms with Crippen molar-refractivity contribution < 1.29 is 23.9 Å². The highest BCUT2D eigenvalue weighted by Gasteiger charge is 2.21. The van der Waals surface area contributed by atoms with Gasteiger partial charge >= 0.3 is 5.97 Å². The average Bonchev–Trinajstić information content (AvgIpc) is 3.04. The molecule has 2 aromatic rings. The maximum Gasteiger partial charge on any atom is 0.321 e. The van der Waals surface area contributed by atoms with E-state index in [2.05, 4.69) is 10.6 Å². The van der Waals surface area contributed by atoms with Crippen LogP contribution < -0.4 is 10.6 Å². The fraction of sp³-hybridized carbons (Fsp3) is 0.235. The lowest BCUT2D eigenvalue weighted by Gasteiger charge is -2.14. The van der Waals surface area contributed by atoms with Gasteiger partial charge in [0, 0.05) is 11.3 Å². The SMILES string of the molecule is CC(=O)c1cccc(NC(=O)C[C@H](NCc2ccco2)C(=O)O)c1. The van der Waals surface area contributed by atoms with Gasteiger partial charge in [0.05, 0.1) is 19.2 Å². The molecular formula is C17H18N2O5. The van der Waals surface area contributed by atoms with E-state index in [0.717, 1.165) is 0 Å². The zero-order chi connectivity index (χ0) is 17.5. The van der Waals surface area contributed by atoms with Crippen LogP contribution in [0.25, 0.3) is 0 Å². The minimum atomic E-state index is -1.13. The van der Waals surface area contributed by atoms with Crippen molar-refractivity contribution in [1.29, 1.82) is 0 Å². The number of carboxylic acid groups (broad SMARTS) is 1. The van der Waals surface area contributed by atoms with Gasteiger partial charge in [-0.1, -0.05) is 12.1 Å². The summed E-state index contributed by atoms with van der Waals surface area (Å²) in [4.78, 5) is 34.7. The molecule has 2 rings (SSSR count). The van der Waals surface area contributed by atoms with Crippen molar-refractivity contribution in [1.82, 2.24) is 5.32 Å². The van der Waals surface area contributed by atoms with E-state index >= 15 is 0 Å². The molecule has 0 radical (unpaired) electrons. The molecule has 1 amide bonds. The summed E-state index contributed by atoms with van der Waals surface area (Å²) in [6, 6.07) is 8.83. The monoisotopic (exact) mass is 330 g/mol. The van der Waals surface area contributed by atoms with E-state index in [1.807, 2.05) is 0 Å². The van der Waals surface area contributed by atoms with Crippen molar-refractivity contribution in [2.24, 2.45) is 0 Å². The minimum absolute atomic E-state index is 0.116. The van der Waals surface area contributed by atoms with Gasteiger partial charge in [0.2, 0.25) is 5.91 Å².